The first kappa shape index (κ1) is 25.2. The molecule has 9 aromatic rings. The van der Waals surface area contributed by atoms with E-state index in [1.54, 1.807) is 0 Å². The van der Waals surface area contributed by atoms with Crippen LogP contribution in [0, 0.1) is 0 Å². The fourth-order valence-corrected chi connectivity index (χ4v) is 7.51. The molecule has 1 aromatic heterocycles. The van der Waals surface area contributed by atoms with Gasteiger partial charge in [0, 0.05) is 27.4 Å². The molecule has 10 rings (SSSR count). The number of benzene rings is 8. The van der Waals surface area contributed by atoms with E-state index in [4.69, 9.17) is 4.74 Å². The third kappa shape index (κ3) is 3.65. The van der Waals surface area contributed by atoms with E-state index in [1.807, 2.05) is 12.1 Å². The monoisotopic (exact) mass is 585 g/mol. The number of ether oxygens (including phenoxy) is 1. The van der Waals surface area contributed by atoms with Crippen molar-refractivity contribution in [1.29, 1.82) is 0 Å². The minimum absolute atomic E-state index is 0.908. The van der Waals surface area contributed by atoms with Crippen LogP contribution in [0.25, 0.3) is 82.4 Å². The van der Waals surface area contributed by atoms with Crippen LogP contribution in [0.5, 0.6) is 11.5 Å². The molecule has 0 fully saturated rings. The van der Waals surface area contributed by atoms with Crippen molar-refractivity contribution in [1.82, 2.24) is 4.57 Å². The van der Waals surface area contributed by atoms with Gasteiger partial charge in [-0.05, 0) is 86.4 Å². The Morgan fingerprint density at radius 3 is 1.93 bits per heavy atom. The summed E-state index contributed by atoms with van der Waals surface area (Å²) < 4.78 is 8.83. The van der Waals surface area contributed by atoms with Crippen molar-refractivity contribution in [3.8, 4) is 50.6 Å². The first-order valence-electron chi connectivity index (χ1n) is 15.8. The average Bonchev–Trinajstić information content (AvgIpc) is 3.43. The normalized spacial score (nSPS) is 12.1. The van der Waals surface area contributed by atoms with E-state index < -0.39 is 0 Å². The Morgan fingerprint density at radius 2 is 1.07 bits per heavy atom. The van der Waals surface area contributed by atoms with Crippen molar-refractivity contribution in [2.24, 2.45) is 0 Å². The molecule has 2 nitrogen and oxygen atoms in total. The average molecular weight is 586 g/mol. The Morgan fingerprint density at radius 1 is 0.370 bits per heavy atom. The van der Waals surface area contributed by atoms with Crippen LogP contribution in [-0.4, -0.2) is 4.57 Å². The zero-order chi connectivity index (χ0) is 30.2. The molecule has 0 radical (unpaired) electrons. The van der Waals surface area contributed by atoms with Crippen LogP contribution in [0.2, 0.25) is 0 Å². The molecule has 2 heterocycles. The molecule has 0 amide bonds. The van der Waals surface area contributed by atoms with Gasteiger partial charge in [-0.15, -0.1) is 0 Å². The number of rotatable bonds is 3. The molecule has 8 aromatic carbocycles. The molecule has 1 aliphatic rings. The van der Waals surface area contributed by atoms with Crippen LogP contribution >= 0.6 is 0 Å². The molecule has 0 N–H and O–H groups in total. The van der Waals surface area contributed by atoms with Crippen LogP contribution in [0.1, 0.15) is 0 Å². The highest BCUT2D eigenvalue weighted by Crippen LogP contribution is 2.49. The van der Waals surface area contributed by atoms with Crippen LogP contribution in [0.15, 0.2) is 164 Å². The lowest BCUT2D eigenvalue weighted by atomic mass is 9.88. The van der Waals surface area contributed by atoms with Crippen molar-refractivity contribution in [2.75, 3.05) is 0 Å². The van der Waals surface area contributed by atoms with Crippen molar-refractivity contribution in [2.45, 2.75) is 0 Å². The molecule has 0 aliphatic carbocycles. The van der Waals surface area contributed by atoms with Gasteiger partial charge in [-0.25, -0.2) is 0 Å². The summed E-state index contributed by atoms with van der Waals surface area (Å²) in [7, 11) is 0. The summed E-state index contributed by atoms with van der Waals surface area (Å²) >= 11 is 0. The van der Waals surface area contributed by atoms with Gasteiger partial charge in [-0.2, -0.15) is 0 Å². The zero-order valence-electron chi connectivity index (χ0n) is 24.9. The van der Waals surface area contributed by atoms with Gasteiger partial charge in [-0.3, -0.25) is 0 Å². The van der Waals surface area contributed by atoms with Crippen molar-refractivity contribution in [3.05, 3.63) is 164 Å². The number of para-hydroxylation sites is 2. The molecular formula is C44H27NO. The second-order valence-corrected chi connectivity index (χ2v) is 12.1. The van der Waals surface area contributed by atoms with Crippen molar-refractivity contribution in [3.63, 3.8) is 0 Å². The fourth-order valence-electron chi connectivity index (χ4n) is 7.51. The number of aromatic nitrogens is 1. The predicted octanol–water partition coefficient (Wildman–Crippen LogP) is 12.2. The van der Waals surface area contributed by atoms with E-state index in [0.717, 1.165) is 22.7 Å². The van der Waals surface area contributed by atoms with Gasteiger partial charge in [-0.1, -0.05) is 121 Å². The molecule has 46 heavy (non-hydrogen) atoms. The van der Waals surface area contributed by atoms with Crippen LogP contribution in [0.3, 0.4) is 0 Å². The number of hydrogen-bond acceptors (Lipinski definition) is 1. The summed E-state index contributed by atoms with van der Waals surface area (Å²) in [6.07, 6.45) is 0. The largest absolute Gasteiger partial charge is 0.456 e. The Kier molecular flexibility index (Phi) is 5.31. The minimum atomic E-state index is 0.908. The minimum Gasteiger partial charge on any atom is -0.456 e. The Balaban J connectivity index is 1.22. The lowest BCUT2D eigenvalue weighted by Gasteiger charge is -2.23. The molecular weight excluding hydrogens is 558 g/mol. The van der Waals surface area contributed by atoms with E-state index in [2.05, 4.69) is 156 Å². The van der Waals surface area contributed by atoms with Crippen molar-refractivity contribution >= 4 is 43.4 Å². The molecule has 0 saturated heterocycles. The number of hydrogen-bond donors (Lipinski definition) is 0. The highest BCUT2D eigenvalue weighted by molar-refractivity contribution is 6.15. The summed E-state index contributed by atoms with van der Waals surface area (Å²) in [4.78, 5) is 0. The van der Waals surface area contributed by atoms with Crippen molar-refractivity contribution < 1.29 is 4.74 Å². The maximum Gasteiger partial charge on any atom is 0.135 e. The highest BCUT2D eigenvalue weighted by Gasteiger charge is 2.22. The molecule has 0 bridgehead atoms. The van der Waals surface area contributed by atoms with Crippen LogP contribution in [0.4, 0.5) is 0 Å². The fraction of sp³-hybridized carbons (Fsp3) is 0. The topological polar surface area (TPSA) is 14.2 Å². The van der Waals surface area contributed by atoms with E-state index in [0.29, 0.717) is 0 Å². The van der Waals surface area contributed by atoms with Gasteiger partial charge in [0.25, 0.3) is 0 Å². The van der Waals surface area contributed by atoms with Gasteiger partial charge in [0.15, 0.2) is 0 Å². The Bertz CT molecular complexity index is 2660. The molecule has 214 valence electrons. The number of nitrogens with zero attached hydrogens (tertiary/aromatic N) is 1. The molecule has 0 unspecified atom stereocenters. The second-order valence-electron chi connectivity index (χ2n) is 12.1. The molecule has 0 atom stereocenters. The third-order valence-electron chi connectivity index (χ3n) is 9.58. The quantitative estimate of drug-likeness (QED) is 0.201. The summed E-state index contributed by atoms with van der Waals surface area (Å²) in [6.45, 7) is 0. The van der Waals surface area contributed by atoms with E-state index >= 15 is 0 Å². The van der Waals surface area contributed by atoms with Gasteiger partial charge in [0.2, 0.25) is 0 Å². The standard InChI is InChI=1S/C44H27NO/c1-2-13-31(14-3-1)45-40-27-30(21-22-35(40)39-25-28-11-4-5-12-29(28)26-41(39)45)32-15-6-7-16-33(32)34-23-24-43-44-37(34)18-10-19-38(44)36-17-8-9-20-42(36)46-43/h1-27H. The maximum absolute atomic E-state index is 6.41. The summed E-state index contributed by atoms with van der Waals surface area (Å²) in [6, 6.07) is 59.1. The maximum atomic E-state index is 6.41. The molecule has 0 spiro atoms. The summed E-state index contributed by atoms with van der Waals surface area (Å²) in [5, 5.41) is 7.38. The second kappa shape index (κ2) is 9.69. The lowest BCUT2D eigenvalue weighted by molar-refractivity contribution is 0.487. The predicted molar refractivity (Wildman–Crippen MR) is 192 cm³/mol. The Labute approximate surface area is 266 Å². The van der Waals surface area contributed by atoms with Gasteiger partial charge in [0.1, 0.15) is 11.5 Å². The van der Waals surface area contributed by atoms with Crippen LogP contribution in [-0.2, 0) is 0 Å². The molecule has 0 saturated carbocycles. The first-order chi connectivity index (χ1) is 22.8. The van der Waals surface area contributed by atoms with E-state index in [1.165, 1.54) is 71.2 Å². The third-order valence-corrected chi connectivity index (χ3v) is 9.58. The zero-order valence-corrected chi connectivity index (χ0v) is 24.9. The van der Waals surface area contributed by atoms with Gasteiger partial charge in [0.05, 0.1) is 11.0 Å². The summed E-state index contributed by atoms with van der Waals surface area (Å²) in [5.41, 5.74) is 10.7. The Hall–Kier alpha value is -6.12. The lowest BCUT2D eigenvalue weighted by Crippen LogP contribution is -1.98. The van der Waals surface area contributed by atoms with E-state index in [-0.39, 0.29) is 0 Å². The van der Waals surface area contributed by atoms with Gasteiger partial charge >= 0.3 is 0 Å². The van der Waals surface area contributed by atoms with Crippen LogP contribution < -0.4 is 4.74 Å². The smallest absolute Gasteiger partial charge is 0.135 e. The molecule has 1 aliphatic heterocycles. The SMILES string of the molecule is c1ccc(-n2c3cc(-c4ccccc4-c4ccc5c6c(cccc46)-c4ccccc4O5)ccc3c3cc4ccccc4cc32)cc1. The van der Waals surface area contributed by atoms with E-state index in [9.17, 15) is 0 Å². The highest BCUT2D eigenvalue weighted by atomic mass is 16.5. The summed E-state index contributed by atoms with van der Waals surface area (Å²) in [5.74, 6) is 1.82. The van der Waals surface area contributed by atoms with Gasteiger partial charge < -0.3 is 9.30 Å². The number of fused-ring (bicyclic) bond motifs is 6. The first-order valence-corrected chi connectivity index (χ1v) is 15.8. The molecule has 2 heteroatoms.